The summed E-state index contributed by atoms with van der Waals surface area (Å²) in [5, 5.41) is 12.8. The van der Waals surface area contributed by atoms with Crippen LogP contribution >= 0.6 is 22.9 Å². The van der Waals surface area contributed by atoms with Gasteiger partial charge in [-0.05, 0) is 65.8 Å². The van der Waals surface area contributed by atoms with Crippen molar-refractivity contribution in [3.8, 4) is 5.75 Å². The molecule has 1 aliphatic carbocycles. The number of carbonyl (C=O) groups is 2. The molecule has 1 aliphatic rings. The molecule has 0 radical (unpaired) electrons. The van der Waals surface area contributed by atoms with Crippen LogP contribution in [0.2, 0.25) is 4.34 Å². The SMILES string of the molecule is COc1cccc2c1c(CS(=O)(=S)c1ccc(Cl)s1)nn2Cc1cccc(CCC(=O)C2CCCC2)c1.O=C(O)C(F)(F)F. The van der Waals surface area contributed by atoms with Crippen LogP contribution in [0.3, 0.4) is 0 Å². The van der Waals surface area contributed by atoms with Gasteiger partial charge >= 0.3 is 12.1 Å². The Bertz CT molecular complexity index is 1750. The molecule has 14 heteroatoms. The second-order valence-corrected chi connectivity index (χ2v) is 15.9. The molecule has 2 aromatic carbocycles. The Morgan fingerprint density at radius 3 is 2.41 bits per heavy atom. The standard InChI is InChI=1S/C28H29ClN2O3S3.C2HF3O2/c1-34-25-11-5-10-23-28(25)22(18-37(33,35)27-15-14-26(29)36-27)30-31(23)17-20-7-4-6-19(16-20)12-13-24(32)21-8-2-3-9-21;3-2(4,5)1(6)7/h4-7,10-11,14-16,21H,2-3,8-9,12-13,17-18H2,1H3;(H,6,7). The fourth-order valence-electron chi connectivity index (χ4n) is 5.16. The third-order valence-electron chi connectivity index (χ3n) is 7.25. The van der Waals surface area contributed by atoms with Crippen molar-refractivity contribution in [2.45, 2.75) is 61.2 Å². The molecule has 44 heavy (non-hydrogen) atoms. The van der Waals surface area contributed by atoms with E-state index in [4.69, 9.17) is 42.5 Å². The van der Waals surface area contributed by atoms with Gasteiger partial charge in [0, 0.05) is 12.3 Å². The van der Waals surface area contributed by atoms with Crippen LogP contribution in [0.5, 0.6) is 5.75 Å². The molecule has 7 nitrogen and oxygen atoms in total. The van der Waals surface area contributed by atoms with E-state index in [1.54, 1.807) is 19.2 Å². The van der Waals surface area contributed by atoms with E-state index in [0.717, 1.165) is 41.3 Å². The van der Waals surface area contributed by atoms with Crippen molar-refractivity contribution in [3.63, 3.8) is 0 Å². The second-order valence-electron chi connectivity index (χ2n) is 10.3. The van der Waals surface area contributed by atoms with Crippen molar-refractivity contribution in [3.05, 3.63) is 75.8 Å². The minimum atomic E-state index is -5.08. The fourth-order valence-corrected chi connectivity index (χ4v) is 8.81. The van der Waals surface area contributed by atoms with E-state index >= 15 is 0 Å². The number of carbonyl (C=O) groups excluding carboxylic acids is 1. The lowest BCUT2D eigenvalue weighted by Crippen LogP contribution is -2.21. The molecule has 0 aliphatic heterocycles. The summed E-state index contributed by atoms with van der Waals surface area (Å²) in [5.74, 6) is -1.30. The maximum atomic E-state index is 13.5. The minimum Gasteiger partial charge on any atom is -0.496 e. The minimum absolute atomic E-state index is 0.117. The molecule has 1 fully saturated rings. The Balaban J connectivity index is 0.000000566. The summed E-state index contributed by atoms with van der Waals surface area (Å²) in [6, 6.07) is 17.6. The average Bonchev–Trinajstić information content (AvgIpc) is 3.73. The fraction of sp³-hybridized carbons (Fsp3) is 0.367. The van der Waals surface area contributed by atoms with E-state index in [2.05, 4.69) is 18.2 Å². The third-order valence-corrected chi connectivity index (χ3v) is 11.9. The smallest absolute Gasteiger partial charge is 0.490 e. The number of carboxylic acids is 1. The number of thiophene rings is 1. The molecule has 1 N–H and O–H groups in total. The van der Waals surface area contributed by atoms with Gasteiger partial charge in [0.15, 0.2) is 0 Å². The number of halogens is 4. The Hall–Kier alpha value is -3.00. The molecule has 0 amide bonds. The van der Waals surface area contributed by atoms with Crippen molar-refractivity contribution >= 4 is 65.3 Å². The molecule has 0 saturated heterocycles. The number of hydrogen-bond acceptors (Lipinski definition) is 7. The number of rotatable bonds is 10. The van der Waals surface area contributed by atoms with Crippen LogP contribution in [0.25, 0.3) is 10.9 Å². The molecule has 0 spiro atoms. The number of nitrogens with zero attached hydrogens (tertiary/aromatic N) is 2. The van der Waals surface area contributed by atoms with Crippen LogP contribution in [-0.4, -0.2) is 44.1 Å². The van der Waals surface area contributed by atoms with Crippen molar-refractivity contribution in [2.24, 2.45) is 5.92 Å². The zero-order valence-electron chi connectivity index (χ0n) is 23.6. The molecule has 1 atom stereocenters. The van der Waals surface area contributed by atoms with Crippen LogP contribution < -0.4 is 4.74 Å². The van der Waals surface area contributed by atoms with E-state index in [1.165, 1.54) is 24.2 Å². The van der Waals surface area contributed by atoms with E-state index < -0.39 is 20.6 Å². The summed E-state index contributed by atoms with van der Waals surface area (Å²) in [6.07, 6.45) is 0.722. The summed E-state index contributed by atoms with van der Waals surface area (Å²) < 4.78 is 53.9. The summed E-state index contributed by atoms with van der Waals surface area (Å²) in [4.78, 5) is 21.5. The Morgan fingerprint density at radius 1 is 1.14 bits per heavy atom. The highest BCUT2D eigenvalue weighted by Gasteiger charge is 2.38. The van der Waals surface area contributed by atoms with Crippen molar-refractivity contribution in [2.75, 3.05) is 7.11 Å². The number of aromatic nitrogens is 2. The number of alkyl halides is 3. The highest BCUT2D eigenvalue weighted by Crippen LogP contribution is 2.34. The molecule has 236 valence electrons. The number of Topliss-reactive ketones (excluding diaryl/α,β-unsaturated/α-hetero) is 1. The Kier molecular flexibility index (Phi) is 11.1. The third kappa shape index (κ3) is 8.58. The molecule has 2 aromatic heterocycles. The molecule has 1 saturated carbocycles. The van der Waals surface area contributed by atoms with Crippen LogP contribution in [0.15, 0.2) is 58.8 Å². The number of methoxy groups -OCH3 is 1. The maximum absolute atomic E-state index is 13.5. The summed E-state index contributed by atoms with van der Waals surface area (Å²) >= 11 is 12.9. The zero-order chi connectivity index (χ0) is 32.1. The van der Waals surface area contributed by atoms with Gasteiger partial charge < -0.3 is 9.84 Å². The number of fused-ring (bicyclic) bond motifs is 1. The van der Waals surface area contributed by atoms with Crippen LogP contribution in [0.1, 0.15) is 48.9 Å². The molecule has 5 rings (SSSR count). The number of hydrogen-bond donors (Lipinski definition) is 1. The van der Waals surface area contributed by atoms with Gasteiger partial charge in [-0.25, -0.2) is 4.79 Å². The largest absolute Gasteiger partial charge is 0.496 e. The molecular weight excluding hydrogens is 657 g/mol. The van der Waals surface area contributed by atoms with Crippen LogP contribution in [0, 0.1) is 5.92 Å². The van der Waals surface area contributed by atoms with Crippen molar-refractivity contribution < 1.29 is 36.8 Å². The van der Waals surface area contributed by atoms with Crippen molar-refractivity contribution in [1.29, 1.82) is 0 Å². The highest BCUT2D eigenvalue weighted by atomic mass is 35.5. The van der Waals surface area contributed by atoms with E-state index in [1.807, 2.05) is 28.9 Å². The average molecular weight is 687 g/mol. The second kappa shape index (κ2) is 14.4. The number of carboxylic acid groups (broad SMARTS) is 1. The first-order chi connectivity index (χ1) is 20.8. The first-order valence-corrected chi connectivity index (χ1v) is 17.5. The number of benzene rings is 2. The summed E-state index contributed by atoms with van der Waals surface area (Å²) in [7, 11) is -1.17. The van der Waals surface area contributed by atoms with Crippen molar-refractivity contribution in [1.82, 2.24) is 9.78 Å². The molecule has 4 aromatic rings. The lowest BCUT2D eigenvalue weighted by atomic mass is 9.96. The molecule has 2 heterocycles. The maximum Gasteiger partial charge on any atom is 0.490 e. The Labute approximate surface area is 266 Å². The Morgan fingerprint density at radius 2 is 1.80 bits per heavy atom. The highest BCUT2D eigenvalue weighted by molar-refractivity contribution is 8.33. The lowest BCUT2D eigenvalue weighted by molar-refractivity contribution is -0.192. The van der Waals surface area contributed by atoms with Crippen LogP contribution in [-0.2, 0) is 48.0 Å². The van der Waals surface area contributed by atoms with Gasteiger partial charge in [-0.15, -0.1) is 11.3 Å². The molecular formula is C30H30ClF3N2O5S3. The number of aryl methyl sites for hydroxylation is 1. The summed E-state index contributed by atoms with van der Waals surface area (Å²) in [5.41, 5.74) is 3.79. The predicted molar refractivity (Wildman–Crippen MR) is 168 cm³/mol. The van der Waals surface area contributed by atoms with Gasteiger partial charge in [-0.1, -0.05) is 54.8 Å². The molecule has 0 bridgehead atoms. The predicted octanol–water partition coefficient (Wildman–Crippen LogP) is 7.44. The normalized spacial score (nSPS) is 15.0. The van der Waals surface area contributed by atoms with Gasteiger partial charge in [-0.2, -0.15) is 18.3 Å². The lowest BCUT2D eigenvalue weighted by Gasteiger charge is -2.09. The topological polar surface area (TPSA) is 98.5 Å². The van der Waals surface area contributed by atoms with Gasteiger partial charge in [0.25, 0.3) is 0 Å². The first-order valence-electron chi connectivity index (χ1n) is 13.7. The van der Waals surface area contributed by atoms with E-state index in [0.29, 0.717) is 38.7 Å². The number of aliphatic carboxylic acids is 1. The molecule has 1 unspecified atom stereocenters. The van der Waals surface area contributed by atoms with Crippen LogP contribution in [0.4, 0.5) is 13.2 Å². The summed E-state index contributed by atoms with van der Waals surface area (Å²) in [6.45, 7) is 0.539. The van der Waals surface area contributed by atoms with Gasteiger partial charge in [0.2, 0.25) is 0 Å². The number of ketones is 1. The van der Waals surface area contributed by atoms with Gasteiger partial charge in [0.1, 0.15) is 11.5 Å². The first kappa shape index (κ1) is 33.9. The van der Waals surface area contributed by atoms with Gasteiger partial charge in [-0.3, -0.25) is 13.7 Å². The van der Waals surface area contributed by atoms with E-state index in [-0.39, 0.29) is 11.7 Å². The quantitative estimate of drug-likeness (QED) is 0.185. The number of ether oxygens (including phenoxy) is 1. The zero-order valence-corrected chi connectivity index (χ0v) is 26.8. The monoisotopic (exact) mass is 686 g/mol. The van der Waals surface area contributed by atoms with E-state index in [9.17, 15) is 22.2 Å². The van der Waals surface area contributed by atoms with Gasteiger partial charge in [0.05, 0.1) is 53.0 Å².